The molecule has 0 radical (unpaired) electrons. The third-order valence-corrected chi connectivity index (χ3v) is 4.90. The molecule has 13 heteroatoms. The van der Waals surface area contributed by atoms with Gasteiger partial charge in [0.1, 0.15) is 12.1 Å². The monoisotopic (exact) mass is 463 g/mol. The van der Waals surface area contributed by atoms with E-state index in [4.69, 9.17) is 16.6 Å². The van der Waals surface area contributed by atoms with Gasteiger partial charge in [-0.15, -0.1) is 0 Å². The fourth-order valence-corrected chi connectivity index (χ4v) is 2.97. The summed E-state index contributed by atoms with van der Waals surface area (Å²) in [5, 5.41) is 25.0. The molecule has 0 saturated heterocycles. The fraction of sp³-hybridized carbons (Fsp3) is 0.722. The van der Waals surface area contributed by atoms with Gasteiger partial charge < -0.3 is 37.6 Å². The first kappa shape index (κ1) is 28.6. The molecule has 0 aliphatic carbocycles. The molecule has 3 amide bonds. The van der Waals surface area contributed by atoms with Crippen LogP contribution in [0.1, 0.15) is 38.5 Å². The summed E-state index contributed by atoms with van der Waals surface area (Å²) >= 11 is 1.50. The maximum absolute atomic E-state index is 12.4. The molecule has 0 aromatic rings. The van der Waals surface area contributed by atoms with E-state index in [0.717, 1.165) is 0 Å². The molecule has 0 bridgehead atoms. The van der Waals surface area contributed by atoms with Crippen molar-refractivity contribution >= 4 is 41.4 Å². The van der Waals surface area contributed by atoms with Gasteiger partial charge in [-0.3, -0.25) is 19.2 Å². The number of unbranched alkanes of at least 4 members (excludes halogenated alkanes) is 1. The number of carboxylic acid groups (broad SMARTS) is 2. The maximum atomic E-state index is 12.4. The van der Waals surface area contributed by atoms with Gasteiger partial charge in [0, 0.05) is 6.42 Å². The van der Waals surface area contributed by atoms with E-state index in [9.17, 15) is 29.1 Å². The van der Waals surface area contributed by atoms with Crippen molar-refractivity contribution in [2.24, 2.45) is 11.5 Å². The first-order chi connectivity index (χ1) is 14.6. The highest BCUT2D eigenvalue weighted by atomic mass is 32.2. The highest BCUT2D eigenvalue weighted by molar-refractivity contribution is 7.98. The summed E-state index contributed by atoms with van der Waals surface area (Å²) in [7, 11) is 0. The number of carboxylic acids is 2. The average Bonchev–Trinajstić information content (AvgIpc) is 2.71. The predicted molar refractivity (Wildman–Crippen MR) is 115 cm³/mol. The SMILES string of the molecule is CSCCC(N)C(=O)NC(CCC(=O)O)C(=O)NCC(=O)NC(CCCCN)C(=O)O. The van der Waals surface area contributed by atoms with Crippen molar-refractivity contribution in [3.05, 3.63) is 0 Å². The van der Waals surface area contributed by atoms with Gasteiger partial charge in [0.05, 0.1) is 12.6 Å². The summed E-state index contributed by atoms with van der Waals surface area (Å²) in [5.74, 6) is -3.82. The average molecular weight is 464 g/mol. The van der Waals surface area contributed by atoms with Crippen LogP contribution < -0.4 is 27.4 Å². The number of nitrogens with one attached hydrogen (secondary N) is 3. The van der Waals surface area contributed by atoms with E-state index in [1.807, 2.05) is 6.26 Å². The number of thioether (sulfide) groups is 1. The van der Waals surface area contributed by atoms with Crippen molar-refractivity contribution < 1.29 is 34.2 Å². The Morgan fingerprint density at radius 3 is 2.16 bits per heavy atom. The predicted octanol–water partition coefficient (Wildman–Crippen LogP) is -1.77. The lowest BCUT2D eigenvalue weighted by Crippen LogP contribution is -2.53. The molecular weight excluding hydrogens is 430 g/mol. The Labute approximate surface area is 185 Å². The Hall–Kier alpha value is -2.38. The topological polar surface area (TPSA) is 214 Å². The van der Waals surface area contributed by atoms with Crippen LogP contribution in [0.3, 0.4) is 0 Å². The Morgan fingerprint density at radius 2 is 1.61 bits per heavy atom. The van der Waals surface area contributed by atoms with Gasteiger partial charge in [0.25, 0.3) is 0 Å². The molecule has 31 heavy (non-hydrogen) atoms. The number of amides is 3. The molecular formula is C18H33N5O7S. The molecule has 0 aromatic carbocycles. The molecule has 12 nitrogen and oxygen atoms in total. The molecule has 3 atom stereocenters. The molecule has 178 valence electrons. The number of hydrogen-bond acceptors (Lipinski definition) is 8. The second-order valence-corrected chi connectivity index (χ2v) is 7.83. The van der Waals surface area contributed by atoms with Crippen molar-refractivity contribution in [2.45, 2.75) is 56.7 Å². The molecule has 3 unspecified atom stereocenters. The zero-order chi connectivity index (χ0) is 23.8. The van der Waals surface area contributed by atoms with E-state index < -0.39 is 54.3 Å². The van der Waals surface area contributed by atoms with Crippen LogP contribution in [-0.4, -0.2) is 83.1 Å². The van der Waals surface area contributed by atoms with Crippen molar-refractivity contribution in [1.29, 1.82) is 0 Å². The molecule has 0 aliphatic rings. The van der Waals surface area contributed by atoms with E-state index in [2.05, 4.69) is 16.0 Å². The van der Waals surface area contributed by atoms with E-state index in [1.54, 1.807) is 0 Å². The Bertz CT molecular complexity index is 620. The zero-order valence-electron chi connectivity index (χ0n) is 17.6. The highest BCUT2D eigenvalue weighted by Gasteiger charge is 2.25. The quantitative estimate of drug-likeness (QED) is 0.120. The molecule has 0 heterocycles. The largest absolute Gasteiger partial charge is 0.481 e. The minimum atomic E-state index is -1.21. The highest BCUT2D eigenvalue weighted by Crippen LogP contribution is 2.03. The van der Waals surface area contributed by atoms with E-state index in [0.29, 0.717) is 31.6 Å². The number of aliphatic carboxylic acids is 2. The number of nitrogens with two attached hydrogens (primary N) is 2. The third-order valence-electron chi connectivity index (χ3n) is 4.25. The summed E-state index contributed by atoms with van der Waals surface area (Å²) in [5.41, 5.74) is 11.1. The van der Waals surface area contributed by atoms with Crippen molar-refractivity contribution in [3.8, 4) is 0 Å². The maximum Gasteiger partial charge on any atom is 0.326 e. The Morgan fingerprint density at radius 1 is 0.935 bits per heavy atom. The molecule has 9 N–H and O–H groups in total. The molecule has 0 aromatic heterocycles. The van der Waals surface area contributed by atoms with Crippen LogP contribution in [0.25, 0.3) is 0 Å². The van der Waals surface area contributed by atoms with E-state index in [1.165, 1.54) is 11.8 Å². The molecule has 0 saturated carbocycles. The van der Waals surface area contributed by atoms with Gasteiger partial charge in [0.15, 0.2) is 0 Å². The summed E-state index contributed by atoms with van der Waals surface area (Å²) in [6, 6.07) is -3.18. The number of hydrogen-bond donors (Lipinski definition) is 7. The van der Waals surface area contributed by atoms with Gasteiger partial charge in [-0.25, -0.2) is 4.79 Å². The lowest BCUT2D eigenvalue weighted by Gasteiger charge is -2.20. The van der Waals surface area contributed by atoms with Crippen LogP contribution in [0.4, 0.5) is 0 Å². The van der Waals surface area contributed by atoms with Crippen LogP contribution in [0.15, 0.2) is 0 Å². The second kappa shape index (κ2) is 16.3. The van der Waals surface area contributed by atoms with Crippen LogP contribution in [0, 0.1) is 0 Å². The number of carbonyl (C=O) groups is 5. The summed E-state index contributed by atoms with van der Waals surface area (Å²) in [6.45, 7) is -0.127. The standard InChI is InChI=1S/C18H33N5O7S/c1-31-9-7-11(20)16(27)23-12(5-6-15(25)26)17(28)21-10-14(24)22-13(18(29)30)4-2-3-8-19/h11-13H,2-10,19-20H2,1H3,(H,21,28)(H,22,24)(H,23,27)(H,25,26)(H,29,30). The number of carbonyl (C=O) groups excluding carboxylic acids is 3. The van der Waals surface area contributed by atoms with Crippen LogP contribution in [0.2, 0.25) is 0 Å². The van der Waals surface area contributed by atoms with Crippen LogP contribution >= 0.6 is 11.8 Å². The van der Waals surface area contributed by atoms with Gasteiger partial charge in [-0.2, -0.15) is 11.8 Å². The minimum absolute atomic E-state index is 0.192. The van der Waals surface area contributed by atoms with Crippen LogP contribution in [0.5, 0.6) is 0 Å². The zero-order valence-corrected chi connectivity index (χ0v) is 18.4. The first-order valence-corrected chi connectivity index (χ1v) is 11.3. The van der Waals surface area contributed by atoms with Crippen molar-refractivity contribution in [2.75, 3.05) is 25.1 Å². The first-order valence-electron chi connectivity index (χ1n) is 9.89. The Balaban J connectivity index is 4.81. The van der Waals surface area contributed by atoms with E-state index in [-0.39, 0.29) is 19.3 Å². The van der Waals surface area contributed by atoms with Crippen molar-refractivity contribution in [3.63, 3.8) is 0 Å². The summed E-state index contributed by atoms with van der Waals surface area (Å²) in [6.07, 6.45) is 2.97. The van der Waals surface area contributed by atoms with Gasteiger partial charge in [0.2, 0.25) is 17.7 Å². The van der Waals surface area contributed by atoms with Gasteiger partial charge in [-0.05, 0) is 50.7 Å². The normalized spacial score (nSPS) is 13.5. The fourth-order valence-electron chi connectivity index (χ4n) is 2.48. The smallest absolute Gasteiger partial charge is 0.326 e. The number of rotatable bonds is 17. The third kappa shape index (κ3) is 13.5. The minimum Gasteiger partial charge on any atom is -0.481 e. The summed E-state index contributed by atoms with van der Waals surface area (Å²) < 4.78 is 0. The summed E-state index contributed by atoms with van der Waals surface area (Å²) in [4.78, 5) is 58.7. The van der Waals surface area contributed by atoms with Crippen LogP contribution in [-0.2, 0) is 24.0 Å². The van der Waals surface area contributed by atoms with Gasteiger partial charge >= 0.3 is 11.9 Å². The van der Waals surface area contributed by atoms with E-state index >= 15 is 0 Å². The molecule has 0 rings (SSSR count). The Kier molecular flexibility index (Phi) is 15.1. The second-order valence-electron chi connectivity index (χ2n) is 6.84. The lowest BCUT2D eigenvalue weighted by atomic mass is 10.1. The van der Waals surface area contributed by atoms with Crippen molar-refractivity contribution in [1.82, 2.24) is 16.0 Å². The van der Waals surface area contributed by atoms with Gasteiger partial charge in [-0.1, -0.05) is 0 Å². The molecule has 0 fully saturated rings. The lowest BCUT2D eigenvalue weighted by molar-refractivity contribution is -0.142. The molecule has 0 aliphatic heterocycles. The molecule has 0 spiro atoms.